The molecule has 0 spiro atoms. The Morgan fingerprint density at radius 2 is 1.24 bits per heavy atom. The van der Waals surface area contributed by atoms with Gasteiger partial charge in [0.05, 0.1) is 10.9 Å². The van der Waals surface area contributed by atoms with Gasteiger partial charge in [-0.3, -0.25) is 0 Å². The molecule has 0 aromatic heterocycles. The Hall–Kier alpha value is -1.04. The predicted molar refractivity (Wildman–Crippen MR) is 70.4 cm³/mol. The number of alkyl halides is 1. The standard InChI is InChI=1S/C13H4Cl3F5/c14-4-1-2-6(15)5(3-4)8(16)7-9(17)11(19)13(21)12(20)10(7)18/h1-3,8H. The summed E-state index contributed by atoms with van der Waals surface area (Å²) in [7, 11) is 0. The molecule has 0 aliphatic heterocycles. The van der Waals surface area contributed by atoms with Gasteiger partial charge in [-0.2, -0.15) is 0 Å². The highest BCUT2D eigenvalue weighted by Gasteiger charge is 2.31. The van der Waals surface area contributed by atoms with Crippen molar-refractivity contribution in [2.45, 2.75) is 5.38 Å². The zero-order chi connectivity index (χ0) is 15.9. The molecule has 0 N–H and O–H groups in total. The summed E-state index contributed by atoms with van der Waals surface area (Å²) in [5, 5.41) is -1.58. The molecule has 0 bridgehead atoms. The number of hydrogen-bond acceptors (Lipinski definition) is 0. The van der Waals surface area contributed by atoms with Crippen LogP contribution in [0, 0.1) is 29.1 Å². The van der Waals surface area contributed by atoms with Gasteiger partial charge >= 0.3 is 0 Å². The Morgan fingerprint density at radius 1 is 0.762 bits per heavy atom. The molecule has 1 atom stereocenters. The van der Waals surface area contributed by atoms with Gasteiger partial charge in [0.2, 0.25) is 5.82 Å². The molecule has 0 heterocycles. The molecule has 0 nitrogen and oxygen atoms in total. The number of benzene rings is 2. The Morgan fingerprint density at radius 3 is 1.76 bits per heavy atom. The fourth-order valence-corrected chi connectivity index (χ4v) is 2.54. The normalized spacial score (nSPS) is 12.6. The molecular formula is C13H4Cl3F5. The van der Waals surface area contributed by atoms with Gasteiger partial charge in [-0.1, -0.05) is 23.2 Å². The third-order valence-corrected chi connectivity index (χ3v) is 3.76. The third-order valence-electron chi connectivity index (χ3n) is 2.73. The lowest BCUT2D eigenvalue weighted by atomic mass is 10.0. The largest absolute Gasteiger partial charge is 0.203 e. The van der Waals surface area contributed by atoms with Crippen molar-refractivity contribution in [3.8, 4) is 0 Å². The first-order chi connectivity index (χ1) is 9.75. The quantitative estimate of drug-likeness (QED) is 0.266. The van der Waals surface area contributed by atoms with E-state index in [4.69, 9.17) is 34.8 Å². The van der Waals surface area contributed by atoms with Crippen LogP contribution in [-0.4, -0.2) is 0 Å². The first-order valence-electron chi connectivity index (χ1n) is 5.36. The van der Waals surface area contributed by atoms with Gasteiger partial charge in [-0.15, -0.1) is 11.6 Å². The fraction of sp³-hybridized carbons (Fsp3) is 0.0769. The van der Waals surface area contributed by atoms with Crippen molar-refractivity contribution >= 4 is 34.8 Å². The minimum absolute atomic E-state index is 0.0247. The molecule has 0 saturated heterocycles. The van der Waals surface area contributed by atoms with Crippen molar-refractivity contribution in [3.63, 3.8) is 0 Å². The van der Waals surface area contributed by atoms with Gasteiger partial charge in [0.1, 0.15) is 0 Å². The maximum atomic E-state index is 13.7. The van der Waals surface area contributed by atoms with Crippen LogP contribution in [0.5, 0.6) is 0 Å². The minimum Gasteiger partial charge on any atom is -0.203 e. The average Bonchev–Trinajstić information content (AvgIpc) is 2.45. The fourth-order valence-electron chi connectivity index (χ4n) is 1.71. The van der Waals surface area contributed by atoms with Gasteiger partial charge in [0.15, 0.2) is 23.3 Å². The molecule has 2 aromatic carbocycles. The van der Waals surface area contributed by atoms with Crippen molar-refractivity contribution in [2.75, 3.05) is 0 Å². The molecule has 0 fully saturated rings. The first kappa shape index (κ1) is 16.3. The van der Waals surface area contributed by atoms with Crippen LogP contribution < -0.4 is 0 Å². The highest BCUT2D eigenvalue weighted by Crippen LogP contribution is 2.39. The highest BCUT2D eigenvalue weighted by molar-refractivity contribution is 6.35. The van der Waals surface area contributed by atoms with E-state index >= 15 is 0 Å². The topological polar surface area (TPSA) is 0 Å². The van der Waals surface area contributed by atoms with E-state index in [1.54, 1.807) is 0 Å². The van der Waals surface area contributed by atoms with E-state index in [1.165, 1.54) is 18.2 Å². The SMILES string of the molecule is Fc1c(F)c(F)c(C(Cl)c2cc(Cl)ccc2Cl)c(F)c1F. The molecule has 8 heteroatoms. The summed E-state index contributed by atoms with van der Waals surface area (Å²) in [5.74, 6) is -10.4. The van der Waals surface area contributed by atoms with Crippen molar-refractivity contribution in [1.82, 2.24) is 0 Å². The lowest BCUT2D eigenvalue weighted by Crippen LogP contribution is -2.10. The van der Waals surface area contributed by atoms with Gasteiger partial charge in [0.25, 0.3) is 0 Å². The Labute approximate surface area is 131 Å². The van der Waals surface area contributed by atoms with Gasteiger partial charge in [-0.25, -0.2) is 22.0 Å². The minimum atomic E-state index is -2.25. The second-order valence-corrected chi connectivity index (χ2v) is 5.29. The number of rotatable bonds is 2. The second-order valence-electron chi connectivity index (χ2n) is 4.01. The van der Waals surface area contributed by atoms with Crippen molar-refractivity contribution < 1.29 is 22.0 Å². The summed E-state index contributed by atoms with van der Waals surface area (Å²) in [6.45, 7) is 0. The summed E-state index contributed by atoms with van der Waals surface area (Å²) in [5.41, 5.74) is -1.26. The maximum absolute atomic E-state index is 13.7. The molecule has 2 rings (SSSR count). The van der Waals surface area contributed by atoms with Crippen molar-refractivity contribution in [3.05, 3.63) is 68.5 Å². The van der Waals surface area contributed by atoms with Crippen LogP contribution >= 0.6 is 34.8 Å². The monoisotopic (exact) mass is 360 g/mol. The van der Waals surface area contributed by atoms with Crippen LogP contribution in [0.3, 0.4) is 0 Å². The highest BCUT2D eigenvalue weighted by atomic mass is 35.5. The molecule has 1 unspecified atom stereocenters. The Balaban J connectivity index is 2.69. The average molecular weight is 362 g/mol. The summed E-state index contributed by atoms with van der Waals surface area (Å²) in [4.78, 5) is 0. The third kappa shape index (κ3) is 2.82. The van der Waals surface area contributed by atoms with E-state index < -0.39 is 40.0 Å². The van der Waals surface area contributed by atoms with Crippen molar-refractivity contribution in [2.24, 2.45) is 0 Å². The van der Waals surface area contributed by atoms with Gasteiger partial charge in [-0.05, 0) is 23.8 Å². The molecule has 0 amide bonds. The molecule has 0 radical (unpaired) electrons. The second kappa shape index (κ2) is 5.99. The van der Waals surface area contributed by atoms with E-state index in [0.29, 0.717) is 0 Å². The van der Waals surface area contributed by atoms with Crippen LogP contribution in [0.25, 0.3) is 0 Å². The number of hydrogen-bond donors (Lipinski definition) is 0. The van der Waals surface area contributed by atoms with Crippen LogP contribution in [0.15, 0.2) is 18.2 Å². The summed E-state index contributed by atoms with van der Waals surface area (Å²) >= 11 is 17.3. The van der Waals surface area contributed by atoms with Crippen LogP contribution in [-0.2, 0) is 0 Å². The molecule has 112 valence electrons. The molecule has 2 aromatic rings. The molecular weight excluding hydrogens is 357 g/mol. The Bertz CT molecular complexity index is 688. The van der Waals surface area contributed by atoms with Gasteiger partial charge in [0, 0.05) is 10.0 Å². The zero-order valence-corrected chi connectivity index (χ0v) is 12.1. The van der Waals surface area contributed by atoms with Gasteiger partial charge < -0.3 is 0 Å². The lowest BCUT2D eigenvalue weighted by molar-refractivity contribution is 0.371. The molecule has 0 aliphatic rings. The zero-order valence-electron chi connectivity index (χ0n) is 9.83. The summed E-state index contributed by atoms with van der Waals surface area (Å²) in [6.07, 6.45) is 0. The van der Waals surface area contributed by atoms with E-state index in [-0.39, 0.29) is 15.6 Å². The van der Waals surface area contributed by atoms with Crippen LogP contribution in [0.1, 0.15) is 16.5 Å². The molecule has 21 heavy (non-hydrogen) atoms. The maximum Gasteiger partial charge on any atom is 0.200 e. The smallest absolute Gasteiger partial charge is 0.200 e. The Kier molecular flexibility index (Phi) is 4.66. The van der Waals surface area contributed by atoms with Crippen LogP contribution in [0.4, 0.5) is 22.0 Å². The van der Waals surface area contributed by atoms with E-state index in [9.17, 15) is 22.0 Å². The van der Waals surface area contributed by atoms with Crippen LogP contribution in [0.2, 0.25) is 10.0 Å². The van der Waals surface area contributed by atoms with Crippen molar-refractivity contribution in [1.29, 1.82) is 0 Å². The summed E-state index contributed by atoms with van der Waals surface area (Å²) < 4.78 is 66.7. The first-order valence-corrected chi connectivity index (χ1v) is 6.55. The van der Waals surface area contributed by atoms with E-state index in [2.05, 4.69) is 0 Å². The van der Waals surface area contributed by atoms with E-state index in [1.807, 2.05) is 0 Å². The lowest BCUT2D eigenvalue weighted by Gasteiger charge is -2.15. The number of halogens is 8. The van der Waals surface area contributed by atoms with E-state index in [0.717, 1.165) is 0 Å². The predicted octanol–water partition coefficient (Wildman–Crippen LogP) is 6.02. The summed E-state index contributed by atoms with van der Waals surface area (Å²) in [6, 6.07) is 3.86. The molecule has 0 aliphatic carbocycles. The molecule has 0 saturated carbocycles.